The van der Waals surface area contributed by atoms with Gasteiger partial charge in [-0.25, -0.2) is 4.68 Å². The van der Waals surface area contributed by atoms with Gasteiger partial charge in [-0.15, -0.1) is 0 Å². The van der Waals surface area contributed by atoms with Gasteiger partial charge in [-0.3, -0.25) is 0 Å². The molecular formula is C13H15BrN2O. The minimum atomic E-state index is 0.0975. The number of hydrogen-bond acceptors (Lipinski definition) is 2. The second kappa shape index (κ2) is 4.42. The molecule has 0 radical (unpaired) electrons. The Morgan fingerprint density at radius 2 is 2.29 bits per heavy atom. The second-order valence-corrected chi connectivity index (χ2v) is 5.45. The zero-order valence-electron chi connectivity index (χ0n) is 9.82. The summed E-state index contributed by atoms with van der Waals surface area (Å²) in [6.45, 7) is 2.94. The fourth-order valence-electron chi connectivity index (χ4n) is 2.42. The van der Waals surface area contributed by atoms with Gasteiger partial charge in [-0.2, -0.15) is 5.10 Å². The number of aromatic nitrogens is 2. The van der Waals surface area contributed by atoms with Crippen LogP contribution in [0.2, 0.25) is 0 Å². The molecule has 1 aromatic carbocycles. The SMILES string of the molecule is Cc1cc(Br)c2c(cnn2C2CCCCO2)c1. The van der Waals surface area contributed by atoms with E-state index in [4.69, 9.17) is 4.74 Å². The average Bonchev–Trinajstić information content (AvgIpc) is 2.74. The molecule has 1 aliphatic rings. The lowest BCUT2D eigenvalue weighted by molar-refractivity contribution is -0.0367. The zero-order valence-corrected chi connectivity index (χ0v) is 11.4. The highest BCUT2D eigenvalue weighted by Crippen LogP contribution is 2.31. The van der Waals surface area contributed by atoms with Crippen molar-refractivity contribution in [1.29, 1.82) is 0 Å². The van der Waals surface area contributed by atoms with Crippen LogP contribution in [0.3, 0.4) is 0 Å². The first kappa shape index (κ1) is 11.2. The van der Waals surface area contributed by atoms with E-state index in [0.717, 1.165) is 29.4 Å². The van der Waals surface area contributed by atoms with Crippen LogP contribution < -0.4 is 0 Å². The Hall–Kier alpha value is -0.870. The molecule has 1 fully saturated rings. The molecule has 3 rings (SSSR count). The number of aryl methyl sites for hydroxylation is 1. The highest BCUT2D eigenvalue weighted by Gasteiger charge is 2.19. The average molecular weight is 295 g/mol. The van der Waals surface area contributed by atoms with Crippen molar-refractivity contribution in [2.24, 2.45) is 0 Å². The highest BCUT2D eigenvalue weighted by atomic mass is 79.9. The largest absolute Gasteiger partial charge is 0.356 e. The summed E-state index contributed by atoms with van der Waals surface area (Å²) < 4.78 is 8.90. The normalized spacial score (nSPS) is 20.9. The summed E-state index contributed by atoms with van der Waals surface area (Å²) in [4.78, 5) is 0. The Bertz CT molecular complexity index is 544. The maximum absolute atomic E-state index is 5.80. The van der Waals surface area contributed by atoms with Gasteiger partial charge in [0.15, 0.2) is 6.23 Å². The molecule has 0 spiro atoms. The molecule has 90 valence electrons. The number of hydrogen-bond donors (Lipinski definition) is 0. The second-order valence-electron chi connectivity index (χ2n) is 4.59. The number of ether oxygens (including phenoxy) is 1. The van der Waals surface area contributed by atoms with Crippen LogP contribution in [0.1, 0.15) is 31.1 Å². The Kier molecular flexibility index (Phi) is 2.92. The Morgan fingerprint density at radius 1 is 1.41 bits per heavy atom. The summed E-state index contributed by atoms with van der Waals surface area (Å²) in [6, 6.07) is 4.29. The minimum Gasteiger partial charge on any atom is -0.356 e. The molecule has 0 saturated carbocycles. The van der Waals surface area contributed by atoms with Crippen molar-refractivity contribution in [1.82, 2.24) is 9.78 Å². The molecule has 0 bridgehead atoms. The predicted octanol–water partition coefficient (Wildman–Crippen LogP) is 3.81. The van der Waals surface area contributed by atoms with E-state index in [-0.39, 0.29) is 6.23 Å². The Balaban J connectivity index is 2.10. The number of benzene rings is 1. The fourth-order valence-corrected chi connectivity index (χ4v) is 3.19. The van der Waals surface area contributed by atoms with Crippen LogP contribution in [0.15, 0.2) is 22.8 Å². The molecule has 4 heteroatoms. The van der Waals surface area contributed by atoms with E-state index in [2.05, 4.69) is 40.1 Å². The zero-order chi connectivity index (χ0) is 11.8. The third-order valence-electron chi connectivity index (χ3n) is 3.22. The van der Waals surface area contributed by atoms with Crippen molar-refractivity contribution in [2.45, 2.75) is 32.4 Å². The quantitative estimate of drug-likeness (QED) is 0.800. The van der Waals surface area contributed by atoms with Crippen molar-refractivity contribution in [3.63, 3.8) is 0 Å². The summed E-state index contributed by atoms with van der Waals surface area (Å²) >= 11 is 3.63. The predicted molar refractivity (Wildman–Crippen MR) is 71.0 cm³/mol. The van der Waals surface area contributed by atoms with Crippen LogP contribution in [0.5, 0.6) is 0 Å². The van der Waals surface area contributed by atoms with Crippen LogP contribution in [-0.4, -0.2) is 16.4 Å². The van der Waals surface area contributed by atoms with Crippen LogP contribution in [0.4, 0.5) is 0 Å². The molecule has 3 nitrogen and oxygen atoms in total. The van der Waals surface area contributed by atoms with Crippen molar-refractivity contribution >= 4 is 26.8 Å². The minimum absolute atomic E-state index is 0.0975. The van der Waals surface area contributed by atoms with Gasteiger partial charge in [0, 0.05) is 16.5 Å². The van der Waals surface area contributed by atoms with Crippen molar-refractivity contribution in [3.8, 4) is 0 Å². The highest BCUT2D eigenvalue weighted by molar-refractivity contribution is 9.10. The van der Waals surface area contributed by atoms with Gasteiger partial charge in [0.05, 0.1) is 11.7 Å². The first-order valence-corrected chi connectivity index (χ1v) is 6.80. The van der Waals surface area contributed by atoms with Gasteiger partial charge >= 0.3 is 0 Å². The van der Waals surface area contributed by atoms with E-state index < -0.39 is 0 Å². The maximum atomic E-state index is 5.80. The Morgan fingerprint density at radius 3 is 3.06 bits per heavy atom. The van der Waals surface area contributed by atoms with Crippen molar-refractivity contribution < 1.29 is 4.74 Å². The molecule has 1 unspecified atom stereocenters. The van der Waals surface area contributed by atoms with Crippen LogP contribution in [0.25, 0.3) is 10.9 Å². The van der Waals surface area contributed by atoms with Gasteiger partial charge in [-0.05, 0) is 59.8 Å². The third-order valence-corrected chi connectivity index (χ3v) is 3.82. The first-order valence-electron chi connectivity index (χ1n) is 6.00. The summed E-state index contributed by atoms with van der Waals surface area (Å²) in [6.07, 6.45) is 5.45. The lowest BCUT2D eigenvalue weighted by Crippen LogP contribution is -2.19. The number of fused-ring (bicyclic) bond motifs is 1. The lowest BCUT2D eigenvalue weighted by atomic mass is 10.1. The molecule has 0 amide bonds. The van der Waals surface area contributed by atoms with Gasteiger partial charge in [0.1, 0.15) is 0 Å². The molecule has 1 aromatic heterocycles. The summed E-state index contributed by atoms with van der Waals surface area (Å²) in [7, 11) is 0. The third kappa shape index (κ3) is 2.00. The molecule has 0 aliphatic carbocycles. The van der Waals surface area contributed by atoms with Gasteiger partial charge < -0.3 is 4.74 Å². The molecule has 2 heterocycles. The summed E-state index contributed by atoms with van der Waals surface area (Å²) in [5, 5.41) is 5.65. The summed E-state index contributed by atoms with van der Waals surface area (Å²) in [5.74, 6) is 0. The monoisotopic (exact) mass is 294 g/mol. The van der Waals surface area contributed by atoms with E-state index in [1.54, 1.807) is 0 Å². The number of rotatable bonds is 1. The van der Waals surface area contributed by atoms with E-state index in [1.165, 1.54) is 17.4 Å². The molecular weight excluding hydrogens is 280 g/mol. The topological polar surface area (TPSA) is 27.1 Å². The van der Waals surface area contributed by atoms with E-state index >= 15 is 0 Å². The number of nitrogens with zero attached hydrogens (tertiary/aromatic N) is 2. The molecule has 1 atom stereocenters. The first-order chi connectivity index (χ1) is 8.25. The smallest absolute Gasteiger partial charge is 0.150 e. The summed E-state index contributed by atoms with van der Waals surface area (Å²) in [5.41, 5.74) is 2.39. The van der Waals surface area contributed by atoms with Crippen molar-refractivity contribution in [3.05, 3.63) is 28.4 Å². The molecule has 0 N–H and O–H groups in total. The maximum Gasteiger partial charge on any atom is 0.150 e. The van der Waals surface area contributed by atoms with E-state index in [0.29, 0.717) is 0 Å². The molecule has 1 saturated heterocycles. The number of halogens is 1. The van der Waals surface area contributed by atoms with Gasteiger partial charge in [0.2, 0.25) is 0 Å². The van der Waals surface area contributed by atoms with Crippen LogP contribution >= 0.6 is 15.9 Å². The molecule has 17 heavy (non-hydrogen) atoms. The molecule has 2 aromatic rings. The van der Waals surface area contributed by atoms with E-state index in [1.807, 2.05) is 10.9 Å². The van der Waals surface area contributed by atoms with Gasteiger partial charge in [-0.1, -0.05) is 0 Å². The van der Waals surface area contributed by atoms with Crippen LogP contribution in [-0.2, 0) is 4.74 Å². The lowest BCUT2D eigenvalue weighted by Gasteiger charge is -2.23. The van der Waals surface area contributed by atoms with E-state index in [9.17, 15) is 0 Å². The van der Waals surface area contributed by atoms with Gasteiger partial charge in [0.25, 0.3) is 0 Å². The fraction of sp³-hybridized carbons (Fsp3) is 0.462. The Labute approximate surface area is 109 Å². The van der Waals surface area contributed by atoms with Crippen molar-refractivity contribution in [2.75, 3.05) is 6.61 Å². The van der Waals surface area contributed by atoms with Crippen LogP contribution in [0, 0.1) is 6.92 Å². The molecule has 1 aliphatic heterocycles. The standard InChI is InChI=1S/C13H15BrN2O/c1-9-6-10-8-15-16(13(10)11(14)7-9)12-4-2-3-5-17-12/h6-8,12H,2-5H2,1H3.